The summed E-state index contributed by atoms with van der Waals surface area (Å²) in [7, 11) is 0. The Labute approximate surface area is 354 Å². The van der Waals surface area contributed by atoms with Gasteiger partial charge in [0.15, 0.2) is 5.82 Å². The normalized spacial score (nSPS) is 10.9. The number of fused-ring (bicyclic) bond motifs is 2. The smallest absolute Gasteiger partial charge is 0.313 e. The summed E-state index contributed by atoms with van der Waals surface area (Å²) in [5, 5.41) is 16.6. The van der Waals surface area contributed by atoms with Gasteiger partial charge in [0.2, 0.25) is 5.28 Å². The van der Waals surface area contributed by atoms with E-state index in [9.17, 15) is 0 Å². The molecule has 6 aromatic heterocycles. The van der Waals surface area contributed by atoms with E-state index in [-0.39, 0.29) is 17.2 Å². The van der Waals surface area contributed by atoms with E-state index in [1.807, 2.05) is 103 Å². The van der Waals surface area contributed by atoms with Crippen LogP contribution in [0.15, 0.2) is 169 Å². The molecule has 0 aliphatic carbocycles. The van der Waals surface area contributed by atoms with Crippen LogP contribution in [-0.2, 0) is 13.1 Å². The Bertz CT molecular complexity index is 3060. The highest BCUT2D eigenvalue weighted by Gasteiger charge is 2.17. The summed E-state index contributed by atoms with van der Waals surface area (Å²) in [6, 6.07) is 45.9. The second-order valence-electron chi connectivity index (χ2n) is 13.6. The molecule has 10 rings (SSSR count). The minimum Gasteiger partial charge on any atom is -0.403 e. The molecule has 61 heavy (non-hydrogen) atoms. The number of nitrogens with one attached hydrogen (secondary N) is 2. The third kappa shape index (κ3) is 8.82. The molecule has 0 spiro atoms. The van der Waals surface area contributed by atoms with Crippen molar-refractivity contribution in [3.63, 3.8) is 0 Å². The predicted molar refractivity (Wildman–Crippen MR) is 239 cm³/mol. The minimum absolute atomic E-state index is 0.00759. The van der Waals surface area contributed by atoms with E-state index >= 15 is 0 Å². The number of aromatic nitrogens is 9. The highest BCUT2D eigenvalue weighted by Crippen LogP contribution is 2.36. The number of halogens is 1. The molecule has 0 atom stereocenters. The Kier molecular flexibility index (Phi) is 11.2. The van der Waals surface area contributed by atoms with E-state index in [1.165, 1.54) is 0 Å². The third-order valence-corrected chi connectivity index (χ3v) is 9.77. The number of nitrogens with two attached hydrogens (primary N) is 1. The monoisotopic (exact) mass is 818 g/mol. The van der Waals surface area contributed by atoms with Gasteiger partial charge < -0.3 is 20.8 Å². The van der Waals surface area contributed by atoms with Crippen molar-refractivity contribution in [2.75, 3.05) is 16.4 Å². The van der Waals surface area contributed by atoms with E-state index in [2.05, 4.69) is 82.1 Å². The maximum atomic E-state index is 6.13. The highest BCUT2D eigenvalue weighted by atomic mass is 35.5. The van der Waals surface area contributed by atoms with E-state index in [0.717, 1.165) is 55.4 Å². The van der Waals surface area contributed by atoms with Gasteiger partial charge in [-0.25, -0.2) is 19.9 Å². The minimum atomic E-state index is -0.00759. The summed E-state index contributed by atoms with van der Waals surface area (Å²) in [5.41, 5.74) is 14.7. The fourth-order valence-electron chi connectivity index (χ4n) is 6.82. The lowest BCUT2D eigenvalue weighted by Gasteiger charge is -2.14. The van der Waals surface area contributed by atoms with E-state index in [4.69, 9.17) is 31.7 Å². The Morgan fingerprint density at radius 3 is 1.64 bits per heavy atom. The number of anilines is 3. The molecule has 14 heteroatoms. The van der Waals surface area contributed by atoms with Crippen molar-refractivity contribution in [3.05, 3.63) is 181 Å². The number of pyridine rings is 3. The van der Waals surface area contributed by atoms with Gasteiger partial charge in [-0.2, -0.15) is 0 Å². The van der Waals surface area contributed by atoms with Crippen LogP contribution < -0.4 is 16.4 Å². The number of hydrogen-bond donors (Lipinski definition) is 3. The van der Waals surface area contributed by atoms with Gasteiger partial charge >= 0.3 is 6.01 Å². The van der Waals surface area contributed by atoms with Gasteiger partial charge in [-0.15, -0.1) is 5.10 Å². The van der Waals surface area contributed by atoms with E-state index in [1.54, 1.807) is 24.8 Å². The van der Waals surface area contributed by atoms with Crippen LogP contribution in [-0.4, -0.2) is 45.1 Å². The fraction of sp³-hybridized carbons (Fsp3) is 0.0426. The molecule has 6 heterocycles. The first kappa shape index (κ1) is 38.4. The van der Waals surface area contributed by atoms with Crippen molar-refractivity contribution >= 4 is 51.1 Å². The van der Waals surface area contributed by atoms with E-state index < -0.39 is 0 Å². The molecular weight excluding hydrogens is 784 g/mol. The molecule has 0 fully saturated rings. The molecule has 0 bridgehead atoms. The Morgan fingerprint density at radius 2 is 1.08 bits per heavy atom. The van der Waals surface area contributed by atoms with Crippen molar-refractivity contribution in [3.8, 4) is 45.1 Å². The summed E-state index contributed by atoms with van der Waals surface area (Å²) >= 11 is 6.13. The highest BCUT2D eigenvalue weighted by molar-refractivity contribution is 6.29. The summed E-state index contributed by atoms with van der Waals surface area (Å²) < 4.78 is 5.36. The van der Waals surface area contributed by atoms with Crippen molar-refractivity contribution in [1.29, 1.82) is 0 Å². The zero-order chi connectivity index (χ0) is 41.4. The zero-order valence-electron chi connectivity index (χ0n) is 32.4. The number of nitrogen functional groups attached to an aromatic ring is 1. The maximum absolute atomic E-state index is 6.13. The SMILES string of the molecule is Clc1nc(NCc2ccccn2)c2c(-c3ccccc3)cccc2n1.Nc1nnc(-c2cncc(-c3nc(NCc4ccccn4)c4c(-c5ccccc5)cccc4n3)c2)o1. The molecule has 13 nitrogen and oxygen atoms in total. The molecule has 4 N–H and O–H groups in total. The molecule has 10 aromatic rings. The van der Waals surface area contributed by atoms with Crippen molar-refractivity contribution in [2.24, 2.45) is 0 Å². The lowest BCUT2D eigenvalue weighted by molar-refractivity contribution is 0.590. The van der Waals surface area contributed by atoms with Crippen molar-refractivity contribution in [2.45, 2.75) is 13.1 Å². The zero-order valence-corrected chi connectivity index (χ0v) is 33.1. The molecule has 0 aliphatic heterocycles. The van der Waals surface area contributed by atoms with Crippen LogP contribution in [0.2, 0.25) is 5.28 Å². The number of rotatable bonds is 10. The van der Waals surface area contributed by atoms with Gasteiger partial charge in [-0.3, -0.25) is 15.0 Å². The fourth-order valence-corrected chi connectivity index (χ4v) is 7.00. The molecule has 296 valence electrons. The standard InChI is InChI=1S/C27H20N8O.C20H15ClN4/c28-27-35-34-26(36-27)19-13-18(14-29-15-19)24-32-22-11-6-10-21(17-7-2-1-3-8-17)23(22)25(33-24)31-16-20-9-4-5-12-30-20;21-20-24-17-11-6-10-16(14-7-2-1-3-8-14)18(17)19(25-20)23-13-15-9-4-5-12-22-15/h1-15H,16H2,(H2,28,35)(H,31,32,33);1-12H,13H2,(H,23,24,25). The van der Waals surface area contributed by atoms with Crippen LogP contribution >= 0.6 is 11.6 Å². The third-order valence-electron chi connectivity index (χ3n) is 9.60. The molecule has 0 saturated heterocycles. The molecule has 4 aromatic carbocycles. The van der Waals surface area contributed by atoms with Gasteiger partial charge in [-0.05, 0) is 76.3 Å². The number of nitrogens with zero attached hydrogens (tertiary/aromatic N) is 9. The number of hydrogen-bond acceptors (Lipinski definition) is 13. The van der Waals surface area contributed by atoms with Crippen LogP contribution in [0.25, 0.3) is 66.9 Å². The summed E-state index contributed by atoms with van der Waals surface area (Å²) in [5.74, 6) is 2.20. The van der Waals surface area contributed by atoms with E-state index in [0.29, 0.717) is 41.7 Å². The first-order valence-corrected chi connectivity index (χ1v) is 19.6. The predicted octanol–water partition coefficient (Wildman–Crippen LogP) is 9.96. The van der Waals surface area contributed by atoms with Crippen molar-refractivity contribution in [1.82, 2.24) is 45.1 Å². The quantitative estimate of drug-likeness (QED) is 0.111. The average Bonchev–Trinajstić information content (AvgIpc) is 3.77. The Balaban J connectivity index is 0.000000167. The molecule has 0 radical (unpaired) electrons. The van der Waals surface area contributed by atoms with Gasteiger partial charge in [0, 0.05) is 30.4 Å². The first-order valence-electron chi connectivity index (χ1n) is 19.3. The largest absolute Gasteiger partial charge is 0.403 e. The lowest BCUT2D eigenvalue weighted by atomic mass is 10.0. The molecule has 0 amide bonds. The summed E-state index contributed by atoms with van der Waals surface area (Å²) in [4.78, 5) is 31.7. The average molecular weight is 819 g/mol. The van der Waals surface area contributed by atoms with Gasteiger partial charge in [0.05, 0.1) is 51.8 Å². The molecule has 0 unspecified atom stereocenters. The van der Waals surface area contributed by atoms with Crippen LogP contribution in [0.1, 0.15) is 11.4 Å². The van der Waals surface area contributed by atoms with Gasteiger partial charge in [0.25, 0.3) is 5.89 Å². The number of benzene rings is 4. The second-order valence-corrected chi connectivity index (χ2v) is 14.0. The Morgan fingerprint density at radius 1 is 0.525 bits per heavy atom. The second kappa shape index (κ2) is 17.8. The van der Waals surface area contributed by atoms with Gasteiger partial charge in [-0.1, -0.05) is 102 Å². The summed E-state index contributed by atoms with van der Waals surface area (Å²) in [6.45, 7) is 1.07. The Hall–Kier alpha value is -8.16. The van der Waals surface area contributed by atoms with Crippen LogP contribution in [0.5, 0.6) is 0 Å². The maximum Gasteiger partial charge on any atom is 0.313 e. The topological polar surface area (TPSA) is 179 Å². The lowest BCUT2D eigenvalue weighted by Crippen LogP contribution is -2.06. The molecule has 0 saturated carbocycles. The van der Waals surface area contributed by atoms with Crippen LogP contribution in [0.4, 0.5) is 17.7 Å². The summed E-state index contributed by atoms with van der Waals surface area (Å²) in [6.07, 6.45) is 6.88. The first-order chi connectivity index (χ1) is 30.1. The van der Waals surface area contributed by atoms with Crippen LogP contribution in [0.3, 0.4) is 0 Å². The molecule has 0 aliphatic rings. The van der Waals surface area contributed by atoms with Crippen LogP contribution in [0, 0.1) is 0 Å². The van der Waals surface area contributed by atoms with Crippen molar-refractivity contribution < 1.29 is 4.42 Å². The molecular formula is C47H35ClN12O. The van der Waals surface area contributed by atoms with Gasteiger partial charge in [0.1, 0.15) is 11.6 Å².